The maximum atomic E-state index is 8.46. The molecule has 1 atom stereocenters. The van der Waals surface area contributed by atoms with Crippen molar-refractivity contribution >= 4 is 22.3 Å². The molecule has 1 unspecified atom stereocenters. The third kappa shape index (κ3) is 3.05. The molecule has 0 saturated carbocycles. The average Bonchev–Trinajstić information content (AvgIpc) is 2.63. The normalized spacial score (nSPS) is 13.9. The topological polar surface area (TPSA) is 87.6 Å². The highest BCUT2D eigenvalue weighted by atomic mass is 32.1. The minimum atomic E-state index is 0.119. The average molecular weight is 229 g/mol. The molecule has 3 N–H and O–H groups in total. The van der Waals surface area contributed by atoms with Crippen LogP contribution in [0.5, 0.6) is 0 Å². The minimum Gasteiger partial charge on any atom is -0.409 e. The Kier molecular flexibility index (Phi) is 3.84. The molecular formula is C8H15N5OS. The molecule has 0 radical (unpaired) electrons. The number of nitrogens with zero attached hydrogens (tertiary/aromatic N) is 4. The molecular weight excluding hydrogens is 214 g/mol. The van der Waals surface area contributed by atoms with Crippen LogP contribution in [0.25, 0.3) is 0 Å². The Labute approximate surface area is 92.4 Å². The molecule has 0 fully saturated rings. The van der Waals surface area contributed by atoms with Crippen molar-refractivity contribution in [3.05, 3.63) is 5.01 Å². The second-order valence-corrected chi connectivity index (χ2v) is 4.52. The lowest BCUT2D eigenvalue weighted by Crippen LogP contribution is -2.33. The molecule has 84 valence electrons. The van der Waals surface area contributed by atoms with Gasteiger partial charge in [-0.2, -0.15) is 0 Å². The van der Waals surface area contributed by atoms with Gasteiger partial charge in [-0.25, -0.2) is 0 Å². The first kappa shape index (κ1) is 11.7. The SMILES string of the molecule is Cc1nnc(N(C)C(C)CC(N)=NO)s1. The van der Waals surface area contributed by atoms with Crippen LogP contribution in [0.3, 0.4) is 0 Å². The van der Waals surface area contributed by atoms with E-state index < -0.39 is 0 Å². The van der Waals surface area contributed by atoms with Gasteiger partial charge in [0.15, 0.2) is 0 Å². The van der Waals surface area contributed by atoms with Gasteiger partial charge < -0.3 is 15.8 Å². The summed E-state index contributed by atoms with van der Waals surface area (Å²) in [5, 5.41) is 21.1. The van der Waals surface area contributed by atoms with Crippen LogP contribution in [0.4, 0.5) is 5.13 Å². The van der Waals surface area contributed by atoms with Crippen molar-refractivity contribution in [1.29, 1.82) is 0 Å². The molecule has 0 bridgehead atoms. The van der Waals surface area contributed by atoms with Crippen LogP contribution < -0.4 is 10.6 Å². The number of aryl methyl sites for hydroxylation is 1. The van der Waals surface area contributed by atoms with E-state index in [1.54, 1.807) is 0 Å². The number of nitrogens with two attached hydrogens (primary N) is 1. The fourth-order valence-corrected chi connectivity index (χ4v) is 1.85. The summed E-state index contributed by atoms with van der Waals surface area (Å²) in [5.74, 6) is 0.218. The standard InChI is InChI=1S/C8H15N5OS/c1-5(4-7(9)12-14)13(3)8-11-10-6(2)15-8/h5,14H,4H2,1-3H3,(H2,9,12). The quantitative estimate of drug-likeness (QED) is 0.345. The summed E-state index contributed by atoms with van der Waals surface area (Å²) in [6.07, 6.45) is 0.492. The van der Waals surface area contributed by atoms with Gasteiger partial charge >= 0.3 is 0 Å². The van der Waals surface area contributed by atoms with Gasteiger partial charge in [0, 0.05) is 19.5 Å². The van der Waals surface area contributed by atoms with Crippen LogP contribution in [0, 0.1) is 6.92 Å². The van der Waals surface area contributed by atoms with E-state index in [-0.39, 0.29) is 11.9 Å². The molecule has 1 aromatic rings. The molecule has 0 aliphatic heterocycles. The van der Waals surface area contributed by atoms with Crippen LogP contribution in [0.15, 0.2) is 5.16 Å². The predicted molar refractivity (Wildman–Crippen MR) is 60.5 cm³/mol. The summed E-state index contributed by atoms with van der Waals surface area (Å²) in [7, 11) is 1.91. The van der Waals surface area contributed by atoms with Gasteiger partial charge in [-0.3, -0.25) is 0 Å². The summed E-state index contributed by atoms with van der Waals surface area (Å²) in [6, 6.07) is 0.119. The van der Waals surface area contributed by atoms with Crippen LogP contribution in [0.2, 0.25) is 0 Å². The lowest BCUT2D eigenvalue weighted by atomic mass is 10.2. The van der Waals surface area contributed by atoms with Crippen molar-refractivity contribution < 1.29 is 5.21 Å². The van der Waals surface area contributed by atoms with Crippen LogP contribution in [0.1, 0.15) is 18.4 Å². The van der Waals surface area contributed by atoms with Gasteiger partial charge in [-0.15, -0.1) is 10.2 Å². The third-order valence-corrected chi connectivity index (χ3v) is 3.04. The van der Waals surface area contributed by atoms with Gasteiger partial charge in [0.2, 0.25) is 5.13 Å². The van der Waals surface area contributed by atoms with Crippen LogP contribution >= 0.6 is 11.3 Å². The smallest absolute Gasteiger partial charge is 0.208 e. The molecule has 1 rings (SSSR count). The van der Waals surface area contributed by atoms with Crippen molar-refractivity contribution in [2.24, 2.45) is 10.9 Å². The van der Waals surface area contributed by atoms with E-state index in [4.69, 9.17) is 10.9 Å². The Morgan fingerprint density at radius 1 is 1.67 bits per heavy atom. The lowest BCUT2D eigenvalue weighted by Gasteiger charge is -2.22. The Hall–Kier alpha value is -1.37. The largest absolute Gasteiger partial charge is 0.409 e. The molecule has 0 saturated heterocycles. The second kappa shape index (κ2) is 4.92. The van der Waals surface area contributed by atoms with E-state index in [2.05, 4.69) is 15.4 Å². The fraction of sp³-hybridized carbons (Fsp3) is 0.625. The van der Waals surface area contributed by atoms with E-state index in [1.807, 2.05) is 25.8 Å². The van der Waals surface area contributed by atoms with Gasteiger partial charge in [0.25, 0.3) is 0 Å². The van der Waals surface area contributed by atoms with E-state index in [1.165, 1.54) is 11.3 Å². The maximum absolute atomic E-state index is 8.46. The Morgan fingerprint density at radius 2 is 2.33 bits per heavy atom. The Balaban J connectivity index is 2.64. The van der Waals surface area contributed by atoms with E-state index in [0.717, 1.165) is 10.1 Å². The lowest BCUT2D eigenvalue weighted by molar-refractivity contribution is 0.316. The molecule has 7 heteroatoms. The van der Waals surface area contributed by atoms with E-state index in [0.29, 0.717) is 6.42 Å². The second-order valence-electron chi connectivity index (χ2n) is 3.36. The molecule has 15 heavy (non-hydrogen) atoms. The summed E-state index contributed by atoms with van der Waals surface area (Å²) < 4.78 is 0. The molecule has 1 heterocycles. The summed E-state index contributed by atoms with van der Waals surface area (Å²) >= 11 is 1.52. The number of hydrogen-bond donors (Lipinski definition) is 2. The minimum absolute atomic E-state index is 0.119. The van der Waals surface area contributed by atoms with E-state index >= 15 is 0 Å². The number of anilines is 1. The number of aromatic nitrogens is 2. The first-order valence-corrected chi connectivity index (χ1v) is 5.35. The summed E-state index contributed by atoms with van der Waals surface area (Å²) in [6.45, 7) is 3.89. The first-order chi connectivity index (χ1) is 7.04. The zero-order chi connectivity index (χ0) is 11.4. The monoisotopic (exact) mass is 229 g/mol. The highest BCUT2D eigenvalue weighted by Crippen LogP contribution is 2.20. The molecule has 0 amide bonds. The molecule has 1 aromatic heterocycles. The van der Waals surface area contributed by atoms with Crippen molar-refractivity contribution in [2.45, 2.75) is 26.3 Å². The molecule has 6 nitrogen and oxygen atoms in total. The van der Waals surface area contributed by atoms with Crippen LogP contribution in [-0.4, -0.2) is 34.3 Å². The number of rotatable bonds is 4. The summed E-state index contributed by atoms with van der Waals surface area (Å²) in [4.78, 5) is 1.96. The van der Waals surface area contributed by atoms with Crippen molar-refractivity contribution in [1.82, 2.24) is 10.2 Å². The zero-order valence-electron chi connectivity index (χ0n) is 9.01. The van der Waals surface area contributed by atoms with Gasteiger partial charge in [0.05, 0.1) is 0 Å². The fourth-order valence-electron chi connectivity index (χ4n) is 1.10. The molecule has 0 aromatic carbocycles. The Morgan fingerprint density at radius 3 is 2.80 bits per heavy atom. The number of hydrogen-bond acceptors (Lipinski definition) is 6. The van der Waals surface area contributed by atoms with Crippen LogP contribution in [-0.2, 0) is 0 Å². The van der Waals surface area contributed by atoms with E-state index in [9.17, 15) is 0 Å². The van der Waals surface area contributed by atoms with Crippen molar-refractivity contribution in [3.63, 3.8) is 0 Å². The van der Waals surface area contributed by atoms with Gasteiger partial charge in [-0.1, -0.05) is 16.5 Å². The molecule has 0 aliphatic carbocycles. The van der Waals surface area contributed by atoms with Gasteiger partial charge in [-0.05, 0) is 13.8 Å². The highest BCUT2D eigenvalue weighted by Gasteiger charge is 2.15. The Bertz CT molecular complexity index is 351. The van der Waals surface area contributed by atoms with Gasteiger partial charge in [0.1, 0.15) is 10.8 Å². The predicted octanol–water partition coefficient (Wildman–Crippen LogP) is 0.808. The third-order valence-electron chi connectivity index (χ3n) is 2.11. The van der Waals surface area contributed by atoms with Crippen molar-refractivity contribution in [3.8, 4) is 0 Å². The maximum Gasteiger partial charge on any atom is 0.208 e. The number of oxime groups is 1. The molecule has 0 aliphatic rings. The molecule has 0 spiro atoms. The number of amidine groups is 1. The summed E-state index contributed by atoms with van der Waals surface area (Å²) in [5.41, 5.74) is 5.44. The zero-order valence-corrected chi connectivity index (χ0v) is 9.82. The van der Waals surface area contributed by atoms with Crippen molar-refractivity contribution in [2.75, 3.05) is 11.9 Å². The highest BCUT2D eigenvalue weighted by molar-refractivity contribution is 7.15. The first-order valence-electron chi connectivity index (χ1n) is 4.54.